The fourth-order valence-corrected chi connectivity index (χ4v) is 2.20. The highest BCUT2D eigenvalue weighted by atomic mass is 35.5. The van der Waals surface area contributed by atoms with Gasteiger partial charge < -0.3 is 5.32 Å². The number of benzene rings is 1. The number of anilines is 1. The van der Waals surface area contributed by atoms with Gasteiger partial charge in [0.15, 0.2) is 0 Å². The molecule has 1 N–H and O–H groups in total. The largest absolute Gasteiger partial charge is 0.382 e. The number of pyridine rings is 1. The number of aromatic nitrogens is 1. The van der Waals surface area contributed by atoms with E-state index in [1.54, 1.807) is 6.20 Å². The van der Waals surface area contributed by atoms with Gasteiger partial charge in [-0.25, -0.2) is 0 Å². The Morgan fingerprint density at radius 3 is 2.78 bits per heavy atom. The molecule has 0 saturated carbocycles. The SMILES string of the molecule is CC(CCl)C(C)Nc1ccnc2cc(Cl)ccc12. The van der Waals surface area contributed by atoms with Crippen molar-refractivity contribution in [2.24, 2.45) is 5.92 Å². The summed E-state index contributed by atoms with van der Waals surface area (Å²) in [6.45, 7) is 4.26. The Labute approximate surface area is 117 Å². The molecule has 0 amide bonds. The number of alkyl halides is 1. The number of nitrogens with one attached hydrogen (secondary N) is 1. The summed E-state index contributed by atoms with van der Waals surface area (Å²) >= 11 is 11.9. The van der Waals surface area contributed by atoms with Crippen LogP contribution in [0.25, 0.3) is 10.9 Å². The Kier molecular flexibility index (Phi) is 4.31. The predicted molar refractivity (Wildman–Crippen MR) is 79.7 cm³/mol. The first-order valence-corrected chi connectivity index (χ1v) is 6.90. The molecule has 0 aliphatic carbocycles. The predicted octanol–water partition coefficient (Wildman–Crippen LogP) is 4.56. The normalized spacial score (nSPS) is 14.4. The molecule has 0 aliphatic heterocycles. The molecule has 0 bridgehead atoms. The van der Waals surface area contributed by atoms with E-state index in [1.807, 2.05) is 24.3 Å². The molecular formula is C14H16Cl2N2. The first kappa shape index (κ1) is 13.4. The number of rotatable bonds is 4. The van der Waals surface area contributed by atoms with Gasteiger partial charge in [-0.2, -0.15) is 0 Å². The van der Waals surface area contributed by atoms with E-state index >= 15 is 0 Å². The Bertz CT molecular complexity index is 542. The molecule has 0 aliphatic rings. The second-order valence-corrected chi connectivity index (χ2v) is 5.33. The highest BCUT2D eigenvalue weighted by Gasteiger charge is 2.12. The highest BCUT2D eigenvalue weighted by Crippen LogP contribution is 2.25. The molecule has 2 aromatic rings. The first-order chi connectivity index (χ1) is 8.61. The zero-order chi connectivity index (χ0) is 13.1. The van der Waals surface area contributed by atoms with E-state index in [-0.39, 0.29) is 0 Å². The molecule has 18 heavy (non-hydrogen) atoms. The van der Waals surface area contributed by atoms with Gasteiger partial charge in [-0.1, -0.05) is 18.5 Å². The minimum Gasteiger partial charge on any atom is -0.382 e. The molecular weight excluding hydrogens is 267 g/mol. The van der Waals surface area contributed by atoms with E-state index in [9.17, 15) is 0 Å². The number of fused-ring (bicyclic) bond motifs is 1. The summed E-state index contributed by atoms with van der Waals surface area (Å²) in [6, 6.07) is 8.03. The molecule has 2 atom stereocenters. The lowest BCUT2D eigenvalue weighted by molar-refractivity contribution is 0.566. The van der Waals surface area contributed by atoms with Gasteiger partial charge in [-0.05, 0) is 37.1 Å². The molecule has 0 fully saturated rings. The maximum Gasteiger partial charge on any atom is 0.0737 e. The Hall–Kier alpha value is -0.990. The van der Waals surface area contributed by atoms with Crippen molar-refractivity contribution in [2.75, 3.05) is 11.2 Å². The standard InChI is InChI=1S/C14H16Cl2N2/c1-9(8-15)10(2)18-13-5-6-17-14-7-11(16)3-4-12(13)14/h3-7,9-10H,8H2,1-2H3,(H,17,18). The summed E-state index contributed by atoms with van der Waals surface area (Å²) in [5.74, 6) is 1.05. The molecule has 4 heteroatoms. The van der Waals surface area contributed by atoms with Crippen LogP contribution in [0.15, 0.2) is 30.5 Å². The van der Waals surface area contributed by atoms with Crippen LogP contribution in [0.1, 0.15) is 13.8 Å². The Morgan fingerprint density at radius 2 is 2.06 bits per heavy atom. The smallest absolute Gasteiger partial charge is 0.0737 e. The second kappa shape index (κ2) is 5.77. The average molecular weight is 283 g/mol. The molecule has 0 saturated heterocycles. The Balaban J connectivity index is 2.33. The van der Waals surface area contributed by atoms with Crippen molar-refractivity contribution < 1.29 is 0 Å². The summed E-state index contributed by atoms with van der Waals surface area (Å²) in [6.07, 6.45) is 1.79. The lowest BCUT2D eigenvalue weighted by atomic mass is 10.1. The molecule has 1 aromatic heterocycles. The third kappa shape index (κ3) is 2.88. The number of nitrogens with zero attached hydrogens (tertiary/aromatic N) is 1. The van der Waals surface area contributed by atoms with Gasteiger partial charge in [-0.15, -0.1) is 11.6 Å². The fraction of sp³-hybridized carbons (Fsp3) is 0.357. The average Bonchev–Trinajstić information content (AvgIpc) is 2.37. The Morgan fingerprint density at radius 1 is 1.28 bits per heavy atom. The summed E-state index contributed by atoms with van der Waals surface area (Å²) < 4.78 is 0. The molecule has 0 spiro atoms. The van der Waals surface area contributed by atoms with Gasteiger partial charge in [0.05, 0.1) is 5.52 Å². The van der Waals surface area contributed by atoms with Crippen LogP contribution in [0.5, 0.6) is 0 Å². The zero-order valence-corrected chi connectivity index (χ0v) is 12.0. The maximum absolute atomic E-state index is 5.97. The highest BCUT2D eigenvalue weighted by molar-refractivity contribution is 6.31. The maximum atomic E-state index is 5.97. The van der Waals surface area contributed by atoms with Gasteiger partial charge >= 0.3 is 0 Å². The van der Waals surface area contributed by atoms with Crippen molar-refractivity contribution in [2.45, 2.75) is 19.9 Å². The van der Waals surface area contributed by atoms with Crippen LogP contribution in [-0.2, 0) is 0 Å². The topological polar surface area (TPSA) is 24.9 Å². The van der Waals surface area contributed by atoms with Crippen molar-refractivity contribution in [3.05, 3.63) is 35.5 Å². The van der Waals surface area contributed by atoms with Gasteiger partial charge in [0.25, 0.3) is 0 Å². The molecule has 2 unspecified atom stereocenters. The lowest BCUT2D eigenvalue weighted by Gasteiger charge is -2.21. The molecule has 0 radical (unpaired) electrons. The van der Waals surface area contributed by atoms with Gasteiger partial charge in [0, 0.05) is 34.2 Å². The van der Waals surface area contributed by atoms with Crippen molar-refractivity contribution in [3.8, 4) is 0 Å². The molecule has 2 rings (SSSR count). The molecule has 96 valence electrons. The van der Waals surface area contributed by atoms with Crippen LogP contribution in [0, 0.1) is 5.92 Å². The summed E-state index contributed by atoms with van der Waals surface area (Å²) in [5, 5.41) is 5.27. The summed E-state index contributed by atoms with van der Waals surface area (Å²) in [4.78, 5) is 4.32. The lowest BCUT2D eigenvalue weighted by Crippen LogP contribution is -2.24. The minimum absolute atomic E-state index is 0.309. The molecule has 1 heterocycles. The van der Waals surface area contributed by atoms with E-state index in [1.165, 1.54) is 0 Å². The molecule has 2 nitrogen and oxygen atoms in total. The van der Waals surface area contributed by atoms with Crippen LogP contribution < -0.4 is 5.32 Å². The van der Waals surface area contributed by atoms with Crippen LogP contribution in [0.3, 0.4) is 0 Å². The van der Waals surface area contributed by atoms with Crippen molar-refractivity contribution in [1.82, 2.24) is 4.98 Å². The van der Waals surface area contributed by atoms with Crippen LogP contribution in [0.4, 0.5) is 5.69 Å². The molecule has 1 aromatic carbocycles. The third-order valence-corrected chi connectivity index (χ3v) is 3.91. The summed E-state index contributed by atoms with van der Waals surface area (Å²) in [7, 11) is 0. The number of hydrogen-bond donors (Lipinski definition) is 1. The quantitative estimate of drug-likeness (QED) is 0.832. The third-order valence-electron chi connectivity index (χ3n) is 3.18. The van der Waals surface area contributed by atoms with Crippen LogP contribution in [0.2, 0.25) is 5.02 Å². The van der Waals surface area contributed by atoms with Crippen LogP contribution in [-0.4, -0.2) is 16.9 Å². The van der Waals surface area contributed by atoms with Gasteiger partial charge in [-0.3, -0.25) is 4.98 Å². The van der Waals surface area contributed by atoms with E-state index in [0.29, 0.717) is 22.9 Å². The van der Waals surface area contributed by atoms with Gasteiger partial charge in [0.1, 0.15) is 0 Å². The van der Waals surface area contributed by atoms with Crippen molar-refractivity contribution in [3.63, 3.8) is 0 Å². The summed E-state index contributed by atoms with van der Waals surface area (Å²) in [5.41, 5.74) is 1.97. The monoisotopic (exact) mass is 282 g/mol. The van der Waals surface area contributed by atoms with Crippen molar-refractivity contribution in [1.29, 1.82) is 0 Å². The number of halogens is 2. The van der Waals surface area contributed by atoms with E-state index in [4.69, 9.17) is 23.2 Å². The van der Waals surface area contributed by atoms with Crippen LogP contribution >= 0.6 is 23.2 Å². The van der Waals surface area contributed by atoms with E-state index < -0.39 is 0 Å². The first-order valence-electron chi connectivity index (χ1n) is 5.98. The van der Waals surface area contributed by atoms with E-state index in [0.717, 1.165) is 16.6 Å². The second-order valence-electron chi connectivity index (χ2n) is 4.58. The van der Waals surface area contributed by atoms with E-state index in [2.05, 4.69) is 24.1 Å². The fourth-order valence-electron chi connectivity index (χ4n) is 1.77. The number of hydrogen-bond acceptors (Lipinski definition) is 2. The minimum atomic E-state index is 0.309. The zero-order valence-electron chi connectivity index (χ0n) is 10.5. The van der Waals surface area contributed by atoms with Crippen molar-refractivity contribution >= 4 is 39.8 Å². The van der Waals surface area contributed by atoms with Gasteiger partial charge in [0.2, 0.25) is 0 Å².